The number of ether oxygens (including phenoxy) is 1. The van der Waals surface area contributed by atoms with E-state index >= 15 is 0 Å². The second kappa shape index (κ2) is 8.94. The standard InChI is InChI=1S/C23H25OP/c1-19(17-18-24-2)22-15-9-10-16-23(22)25(20-11-5-3-6-12-20)21-13-7-4-8-14-21/h3-16,19H,17-18H2,1-2H3/t19-/m1/s1. The van der Waals surface area contributed by atoms with Gasteiger partial charge >= 0.3 is 0 Å². The third-order valence-electron chi connectivity index (χ3n) is 4.49. The van der Waals surface area contributed by atoms with Crippen LogP contribution in [0, 0.1) is 0 Å². The van der Waals surface area contributed by atoms with Gasteiger partial charge in [0.1, 0.15) is 0 Å². The predicted octanol–water partition coefficient (Wildman–Crippen LogP) is 4.58. The molecule has 1 atom stereocenters. The normalized spacial score (nSPS) is 12.3. The third-order valence-corrected chi connectivity index (χ3v) is 7.01. The van der Waals surface area contributed by atoms with E-state index in [9.17, 15) is 0 Å². The van der Waals surface area contributed by atoms with Gasteiger partial charge < -0.3 is 4.74 Å². The molecule has 25 heavy (non-hydrogen) atoms. The molecule has 0 aliphatic carbocycles. The quantitative estimate of drug-likeness (QED) is 0.568. The molecule has 0 heterocycles. The van der Waals surface area contributed by atoms with Crippen LogP contribution in [0.1, 0.15) is 24.8 Å². The molecular formula is C23H25OP. The van der Waals surface area contributed by atoms with Crippen LogP contribution in [-0.2, 0) is 4.74 Å². The molecule has 0 spiro atoms. The fourth-order valence-corrected chi connectivity index (χ4v) is 5.72. The third kappa shape index (κ3) is 4.37. The summed E-state index contributed by atoms with van der Waals surface area (Å²) in [7, 11) is 1.22. The molecule has 3 aromatic carbocycles. The molecule has 0 aliphatic rings. The van der Waals surface area contributed by atoms with Crippen LogP contribution in [0.3, 0.4) is 0 Å². The highest BCUT2D eigenvalue weighted by Crippen LogP contribution is 2.36. The van der Waals surface area contributed by atoms with Gasteiger partial charge in [-0.05, 0) is 41.7 Å². The van der Waals surface area contributed by atoms with Gasteiger partial charge in [-0.15, -0.1) is 0 Å². The van der Waals surface area contributed by atoms with Crippen LogP contribution in [0.25, 0.3) is 0 Å². The van der Waals surface area contributed by atoms with Crippen molar-refractivity contribution in [2.75, 3.05) is 13.7 Å². The molecule has 128 valence electrons. The Bertz CT molecular complexity index is 731. The Balaban J connectivity index is 2.09. The van der Waals surface area contributed by atoms with E-state index in [1.54, 1.807) is 7.11 Å². The van der Waals surface area contributed by atoms with Crippen molar-refractivity contribution in [1.29, 1.82) is 0 Å². The van der Waals surface area contributed by atoms with E-state index < -0.39 is 7.92 Å². The summed E-state index contributed by atoms with van der Waals surface area (Å²) in [5, 5.41) is 4.25. The molecule has 0 unspecified atom stereocenters. The predicted molar refractivity (Wildman–Crippen MR) is 110 cm³/mol. The van der Waals surface area contributed by atoms with E-state index in [2.05, 4.69) is 91.9 Å². The van der Waals surface area contributed by atoms with Crippen molar-refractivity contribution in [3.8, 4) is 0 Å². The van der Waals surface area contributed by atoms with E-state index in [1.807, 2.05) is 0 Å². The lowest BCUT2D eigenvalue weighted by Gasteiger charge is -2.24. The Hall–Kier alpha value is -1.95. The van der Waals surface area contributed by atoms with Gasteiger partial charge in [-0.3, -0.25) is 0 Å². The maximum Gasteiger partial charge on any atom is 0.0467 e. The molecule has 0 aromatic heterocycles. The Morgan fingerprint density at radius 3 is 1.84 bits per heavy atom. The van der Waals surface area contributed by atoms with E-state index in [1.165, 1.54) is 21.5 Å². The fourth-order valence-electron chi connectivity index (χ4n) is 3.14. The van der Waals surface area contributed by atoms with Crippen molar-refractivity contribution in [1.82, 2.24) is 0 Å². The molecule has 0 bridgehead atoms. The summed E-state index contributed by atoms with van der Waals surface area (Å²) >= 11 is 0. The second-order valence-electron chi connectivity index (χ2n) is 6.25. The molecule has 0 N–H and O–H groups in total. The summed E-state index contributed by atoms with van der Waals surface area (Å²) in [5.74, 6) is 0.480. The Morgan fingerprint density at radius 1 is 0.760 bits per heavy atom. The number of methoxy groups -OCH3 is 1. The van der Waals surface area contributed by atoms with Gasteiger partial charge in [0.25, 0.3) is 0 Å². The molecule has 0 fully saturated rings. The van der Waals surface area contributed by atoms with E-state index in [4.69, 9.17) is 4.74 Å². The fraction of sp³-hybridized carbons (Fsp3) is 0.217. The van der Waals surface area contributed by atoms with Crippen molar-refractivity contribution in [3.05, 3.63) is 90.5 Å². The zero-order valence-electron chi connectivity index (χ0n) is 14.9. The molecule has 3 rings (SSSR count). The van der Waals surface area contributed by atoms with Crippen molar-refractivity contribution >= 4 is 23.8 Å². The Labute approximate surface area is 152 Å². The number of benzene rings is 3. The smallest absolute Gasteiger partial charge is 0.0467 e. The van der Waals surface area contributed by atoms with Gasteiger partial charge in [-0.25, -0.2) is 0 Å². The Kier molecular flexibility index (Phi) is 6.39. The van der Waals surface area contributed by atoms with E-state index in [0.29, 0.717) is 5.92 Å². The maximum absolute atomic E-state index is 5.31. The van der Waals surface area contributed by atoms with Crippen molar-refractivity contribution < 1.29 is 4.74 Å². The topological polar surface area (TPSA) is 9.23 Å². The minimum Gasteiger partial charge on any atom is -0.385 e. The zero-order valence-corrected chi connectivity index (χ0v) is 15.8. The molecule has 0 aliphatic heterocycles. The molecule has 1 nitrogen and oxygen atoms in total. The van der Waals surface area contributed by atoms with Crippen molar-refractivity contribution in [3.63, 3.8) is 0 Å². The Morgan fingerprint density at radius 2 is 1.28 bits per heavy atom. The van der Waals surface area contributed by atoms with Crippen LogP contribution < -0.4 is 15.9 Å². The summed E-state index contributed by atoms with van der Waals surface area (Å²) < 4.78 is 5.31. The molecule has 0 saturated carbocycles. The first-order valence-corrected chi connectivity index (χ1v) is 10.1. The molecule has 0 amide bonds. The van der Waals surface area contributed by atoms with Crippen LogP contribution >= 0.6 is 7.92 Å². The first kappa shape index (κ1) is 17.9. The molecule has 0 radical (unpaired) electrons. The number of hydrogen-bond acceptors (Lipinski definition) is 1. The lowest BCUT2D eigenvalue weighted by atomic mass is 9.98. The first-order valence-electron chi connectivity index (χ1n) is 8.79. The molecule has 2 heteroatoms. The highest BCUT2D eigenvalue weighted by atomic mass is 31.1. The van der Waals surface area contributed by atoms with Gasteiger partial charge in [0, 0.05) is 13.7 Å². The highest BCUT2D eigenvalue weighted by molar-refractivity contribution is 7.79. The van der Waals surface area contributed by atoms with Crippen LogP contribution in [0.15, 0.2) is 84.9 Å². The van der Waals surface area contributed by atoms with Crippen LogP contribution in [0.4, 0.5) is 0 Å². The summed E-state index contributed by atoms with van der Waals surface area (Å²) in [6, 6.07) is 30.7. The summed E-state index contributed by atoms with van der Waals surface area (Å²) in [5.41, 5.74) is 1.44. The molecular weight excluding hydrogens is 323 g/mol. The summed E-state index contributed by atoms with van der Waals surface area (Å²) in [4.78, 5) is 0. The van der Waals surface area contributed by atoms with Crippen molar-refractivity contribution in [2.45, 2.75) is 19.3 Å². The zero-order chi connectivity index (χ0) is 17.5. The lowest BCUT2D eigenvalue weighted by Crippen LogP contribution is -2.24. The van der Waals surface area contributed by atoms with Crippen LogP contribution in [0.5, 0.6) is 0 Å². The van der Waals surface area contributed by atoms with Gasteiger partial charge in [0.05, 0.1) is 0 Å². The minimum atomic E-state index is -0.555. The minimum absolute atomic E-state index is 0.480. The summed E-state index contributed by atoms with van der Waals surface area (Å²) in [6.45, 7) is 3.10. The lowest BCUT2D eigenvalue weighted by molar-refractivity contribution is 0.189. The average Bonchev–Trinajstić information content (AvgIpc) is 2.68. The van der Waals surface area contributed by atoms with Crippen LogP contribution in [-0.4, -0.2) is 13.7 Å². The average molecular weight is 348 g/mol. The van der Waals surface area contributed by atoms with Gasteiger partial charge in [-0.1, -0.05) is 91.9 Å². The monoisotopic (exact) mass is 348 g/mol. The molecule has 0 saturated heterocycles. The van der Waals surface area contributed by atoms with Gasteiger partial charge in [0.15, 0.2) is 0 Å². The van der Waals surface area contributed by atoms with E-state index in [0.717, 1.165) is 13.0 Å². The summed E-state index contributed by atoms with van der Waals surface area (Å²) in [6.07, 6.45) is 1.04. The first-order chi connectivity index (χ1) is 12.3. The van der Waals surface area contributed by atoms with Crippen molar-refractivity contribution in [2.24, 2.45) is 0 Å². The largest absolute Gasteiger partial charge is 0.385 e. The number of rotatable bonds is 7. The maximum atomic E-state index is 5.31. The van der Waals surface area contributed by atoms with Gasteiger partial charge in [-0.2, -0.15) is 0 Å². The number of hydrogen-bond donors (Lipinski definition) is 0. The highest BCUT2D eigenvalue weighted by Gasteiger charge is 2.21. The molecule has 3 aromatic rings. The second-order valence-corrected chi connectivity index (χ2v) is 8.43. The van der Waals surface area contributed by atoms with Crippen LogP contribution in [0.2, 0.25) is 0 Å². The SMILES string of the molecule is COCC[C@@H](C)c1ccccc1P(c1ccccc1)c1ccccc1. The van der Waals surface area contributed by atoms with Gasteiger partial charge in [0.2, 0.25) is 0 Å². The van der Waals surface area contributed by atoms with E-state index in [-0.39, 0.29) is 0 Å².